The molecule has 0 radical (unpaired) electrons. The van der Waals surface area contributed by atoms with E-state index in [9.17, 15) is 4.79 Å². The lowest BCUT2D eigenvalue weighted by Crippen LogP contribution is -1.58. The molecular weight excluding hydrogens is 222 g/mol. The largest absolute Gasteiger partial charge is 0.298 e. The van der Waals surface area contributed by atoms with Gasteiger partial charge in [0.1, 0.15) is 0 Å². The monoisotopic (exact) mass is 263 g/mol. The number of aldehydes is 1. The highest BCUT2D eigenvalue weighted by molar-refractivity contribution is 5.71. The van der Waals surface area contributed by atoms with Crippen LogP contribution in [0.25, 0.3) is 0 Å². The summed E-state index contributed by atoms with van der Waals surface area (Å²) in [7, 11) is 1.69. The molecule has 0 rings (SSSR count). The summed E-state index contributed by atoms with van der Waals surface area (Å²) in [4.78, 5) is 13.4. The summed E-state index contributed by atoms with van der Waals surface area (Å²) in [5.41, 5.74) is 2.63. The van der Waals surface area contributed by atoms with Crippen LogP contribution in [-0.2, 0) is 4.79 Å². The summed E-state index contributed by atoms with van der Waals surface area (Å²) in [6.45, 7) is 0. The molecule has 2 heteroatoms. The molecule has 0 spiro atoms. The Morgan fingerprint density at radius 3 is 1.56 bits per heavy atom. The number of carbonyl (C=O) groups excluding carboxylic acids is 1. The van der Waals surface area contributed by atoms with E-state index in [0.717, 1.165) is 0 Å². The zero-order chi connectivity index (χ0) is 7.66. The Kier molecular flexibility index (Phi) is 297. The van der Waals surface area contributed by atoms with Gasteiger partial charge in [0.2, 0.25) is 0 Å². The Balaban J connectivity index is -0.0000000145. The van der Waals surface area contributed by atoms with Crippen LogP contribution in [0.1, 0.15) is 59.4 Å². The molecule has 2 nitrogen and oxygen atoms in total. The maximum Gasteiger partial charge on any atom is 0.150 e. The highest BCUT2D eigenvalue weighted by atomic mass is 16.1. The van der Waals surface area contributed by atoms with Crippen molar-refractivity contribution in [1.29, 1.82) is 0 Å². The quantitative estimate of drug-likeness (QED) is 0.195. The first kappa shape index (κ1) is 69.9. The number of nitrogens with zero attached hydrogens (tertiary/aromatic N) is 1. The predicted octanol–water partition coefficient (Wildman–Crippen LogP) is 6.24. The van der Waals surface area contributed by atoms with E-state index in [1.165, 1.54) is 6.08 Å². The SMILES string of the molecule is C.C.C.C.C.C.C.C.CN=CC=CC=C=CC=O. The van der Waals surface area contributed by atoms with Crippen molar-refractivity contribution in [2.75, 3.05) is 7.05 Å². The van der Waals surface area contributed by atoms with Crippen molar-refractivity contribution in [2.45, 2.75) is 59.4 Å². The molecule has 0 saturated carbocycles. The molecule has 0 aromatic carbocycles. The molecule has 0 aliphatic heterocycles. The Hall–Kier alpha value is -1.40. The second-order valence-electron chi connectivity index (χ2n) is 1.43. The van der Waals surface area contributed by atoms with Crippen LogP contribution in [0.2, 0.25) is 0 Å². The van der Waals surface area contributed by atoms with Crippen LogP contribution < -0.4 is 0 Å². The van der Waals surface area contributed by atoms with E-state index in [1.807, 2.05) is 0 Å². The van der Waals surface area contributed by atoms with E-state index >= 15 is 0 Å². The number of aliphatic imine (C=N–C) groups is 1. The molecule has 0 N–H and O–H groups in total. The third-order valence-electron chi connectivity index (χ3n) is 0.703. The Morgan fingerprint density at radius 1 is 0.778 bits per heavy atom. The van der Waals surface area contributed by atoms with Crippen LogP contribution in [0.5, 0.6) is 0 Å². The van der Waals surface area contributed by atoms with Crippen LogP contribution in [0.3, 0.4) is 0 Å². The zero-order valence-corrected chi connectivity index (χ0v) is 5.82. The standard InChI is InChI=1S/C8H9NO.8CH4/c1-9-7-5-3-2-4-6-8-10;;;;;;;;/h2-3,5-8H,1H3;8*1H4. The molecule has 0 aliphatic rings. The third-order valence-corrected chi connectivity index (χ3v) is 0.703. The van der Waals surface area contributed by atoms with E-state index in [-0.39, 0.29) is 59.4 Å². The summed E-state index contributed by atoms with van der Waals surface area (Å²) >= 11 is 0. The van der Waals surface area contributed by atoms with Gasteiger partial charge in [-0.1, -0.05) is 65.5 Å². The van der Waals surface area contributed by atoms with Gasteiger partial charge in [-0.3, -0.25) is 9.79 Å². The highest BCUT2D eigenvalue weighted by Crippen LogP contribution is 1.70. The topological polar surface area (TPSA) is 29.4 Å². The number of allylic oxidation sites excluding steroid dienone is 3. The molecule has 0 bridgehead atoms. The van der Waals surface area contributed by atoms with E-state index < -0.39 is 0 Å². The molecule has 0 fully saturated rings. The van der Waals surface area contributed by atoms with Crippen LogP contribution in [-0.4, -0.2) is 19.5 Å². The average Bonchev–Trinajstić information content (AvgIpc) is 1.97. The summed E-state index contributed by atoms with van der Waals surface area (Å²) < 4.78 is 0. The Morgan fingerprint density at radius 2 is 1.22 bits per heavy atom. The van der Waals surface area contributed by atoms with Gasteiger partial charge in [-0.05, 0) is 12.2 Å². The molecule has 0 aromatic rings. The molecule has 0 aromatic heterocycles. The lowest BCUT2D eigenvalue weighted by Gasteiger charge is -1.66. The first-order chi connectivity index (χ1) is 4.91. The lowest BCUT2D eigenvalue weighted by molar-refractivity contribution is -0.104. The van der Waals surface area contributed by atoms with Gasteiger partial charge in [0.15, 0.2) is 6.29 Å². The maximum atomic E-state index is 9.71. The predicted molar refractivity (Wildman–Crippen MR) is 96.1 cm³/mol. The first-order valence-corrected chi connectivity index (χ1v) is 2.85. The van der Waals surface area contributed by atoms with Gasteiger partial charge in [-0.25, -0.2) is 0 Å². The van der Waals surface area contributed by atoms with Gasteiger partial charge in [-0.15, -0.1) is 5.73 Å². The van der Waals surface area contributed by atoms with Crippen molar-refractivity contribution in [3.63, 3.8) is 0 Å². The van der Waals surface area contributed by atoms with Crippen LogP contribution in [0.15, 0.2) is 35.0 Å². The fourth-order valence-corrected chi connectivity index (χ4v) is 0.342. The number of hydrogen-bond donors (Lipinski definition) is 0. The molecule has 18 heavy (non-hydrogen) atoms. The Labute approximate surface area is 119 Å². The molecule has 0 aliphatic carbocycles. The van der Waals surface area contributed by atoms with E-state index in [2.05, 4.69) is 10.7 Å². The molecular formula is C16H41NO. The number of rotatable bonds is 3. The van der Waals surface area contributed by atoms with E-state index in [1.54, 1.807) is 31.5 Å². The minimum absolute atomic E-state index is 0. The lowest BCUT2D eigenvalue weighted by atomic mass is 10.5. The third kappa shape index (κ3) is 86.1. The van der Waals surface area contributed by atoms with Gasteiger partial charge in [-0.2, -0.15) is 0 Å². The van der Waals surface area contributed by atoms with Gasteiger partial charge >= 0.3 is 0 Å². The van der Waals surface area contributed by atoms with Crippen molar-refractivity contribution >= 4 is 12.5 Å². The average molecular weight is 264 g/mol. The molecule has 0 amide bonds. The fourth-order valence-electron chi connectivity index (χ4n) is 0.342. The van der Waals surface area contributed by atoms with Crippen molar-refractivity contribution < 1.29 is 4.79 Å². The van der Waals surface area contributed by atoms with Crippen molar-refractivity contribution in [2.24, 2.45) is 4.99 Å². The summed E-state index contributed by atoms with van der Waals surface area (Å²) in [5, 5.41) is 0. The second kappa shape index (κ2) is 76.3. The van der Waals surface area contributed by atoms with Gasteiger partial charge in [0.25, 0.3) is 0 Å². The minimum Gasteiger partial charge on any atom is -0.298 e. The first-order valence-electron chi connectivity index (χ1n) is 2.85. The zero-order valence-electron chi connectivity index (χ0n) is 5.82. The van der Waals surface area contributed by atoms with Crippen molar-refractivity contribution in [3.8, 4) is 0 Å². The summed E-state index contributed by atoms with van der Waals surface area (Å²) in [5.74, 6) is 0. The fraction of sp³-hybridized carbons (Fsp3) is 0.562. The van der Waals surface area contributed by atoms with Gasteiger partial charge in [0.05, 0.1) is 0 Å². The van der Waals surface area contributed by atoms with Crippen LogP contribution in [0.4, 0.5) is 0 Å². The molecule has 0 saturated heterocycles. The van der Waals surface area contributed by atoms with Crippen LogP contribution >= 0.6 is 0 Å². The van der Waals surface area contributed by atoms with Crippen molar-refractivity contribution in [1.82, 2.24) is 0 Å². The smallest absolute Gasteiger partial charge is 0.150 e. The van der Waals surface area contributed by atoms with Gasteiger partial charge < -0.3 is 0 Å². The summed E-state index contributed by atoms with van der Waals surface area (Å²) in [6, 6.07) is 0. The second-order valence-corrected chi connectivity index (χ2v) is 1.43. The minimum atomic E-state index is 0. The number of carbonyl (C=O) groups is 1. The van der Waals surface area contributed by atoms with Crippen LogP contribution in [0, 0.1) is 0 Å². The van der Waals surface area contributed by atoms with Crippen molar-refractivity contribution in [3.05, 3.63) is 30.0 Å². The van der Waals surface area contributed by atoms with Gasteiger partial charge in [0, 0.05) is 19.3 Å². The maximum absolute atomic E-state index is 9.71. The normalized spacial score (nSPS) is 5.39. The van der Waals surface area contributed by atoms with E-state index in [0.29, 0.717) is 6.29 Å². The molecule has 0 atom stereocenters. The molecule has 116 valence electrons. The number of hydrogen-bond acceptors (Lipinski definition) is 2. The summed E-state index contributed by atoms with van der Waals surface area (Å²) in [6.07, 6.45) is 8.76. The highest BCUT2D eigenvalue weighted by Gasteiger charge is 1.58. The molecule has 0 unspecified atom stereocenters. The molecule has 0 heterocycles. The van der Waals surface area contributed by atoms with E-state index in [4.69, 9.17) is 0 Å². The Bertz CT molecular complexity index is 197.